The van der Waals surface area contributed by atoms with Gasteiger partial charge in [0.1, 0.15) is 11.5 Å². The van der Waals surface area contributed by atoms with Crippen molar-refractivity contribution in [1.82, 2.24) is 0 Å². The number of carbonyl (C=O) groups is 2. The number of amides is 2. The van der Waals surface area contributed by atoms with E-state index in [1.54, 1.807) is 0 Å². The van der Waals surface area contributed by atoms with Crippen molar-refractivity contribution in [2.45, 2.75) is 181 Å². The van der Waals surface area contributed by atoms with Gasteiger partial charge in [-0.3, -0.25) is 9.59 Å². The highest BCUT2D eigenvalue weighted by Gasteiger charge is 2.23. The van der Waals surface area contributed by atoms with Gasteiger partial charge in [0.15, 0.2) is 13.1 Å². The van der Waals surface area contributed by atoms with E-state index in [4.69, 9.17) is 9.47 Å². The Morgan fingerprint density at radius 1 is 0.403 bits per heavy atom. The van der Waals surface area contributed by atoms with Gasteiger partial charge in [-0.25, -0.2) is 0 Å². The third-order valence-electron chi connectivity index (χ3n) is 11.7. The van der Waals surface area contributed by atoms with Crippen molar-refractivity contribution in [3.8, 4) is 11.5 Å². The molecule has 2 amide bonds. The fraction of sp³-hybridized carbons (Fsp3) is 0.731. The zero-order chi connectivity index (χ0) is 43.6. The maximum Gasteiger partial charge on any atom is 0.279 e. The van der Waals surface area contributed by atoms with E-state index >= 15 is 0 Å². The van der Waals surface area contributed by atoms with Gasteiger partial charge in [-0.2, -0.15) is 0 Å². The van der Waals surface area contributed by atoms with Crippen LogP contribution in [0, 0.1) is 0 Å². The van der Waals surface area contributed by atoms with E-state index in [1.165, 1.54) is 141 Å². The van der Waals surface area contributed by atoms with Gasteiger partial charge in [0, 0.05) is 24.2 Å². The van der Waals surface area contributed by atoms with Crippen LogP contribution in [0.2, 0.25) is 0 Å². The number of halogens is 2. The summed E-state index contributed by atoms with van der Waals surface area (Å²) in [4.78, 5) is 25.9. The average molecular weight is 997 g/mol. The van der Waals surface area contributed by atoms with Gasteiger partial charge in [0.25, 0.3) is 11.8 Å². The molecule has 10 heteroatoms. The second-order valence-corrected chi connectivity index (χ2v) is 19.0. The number of quaternary nitrogens is 2. The zero-order valence-corrected chi connectivity index (χ0v) is 43.7. The Balaban J connectivity index is 0.0000186. The van der Waals surface area contributed by atoms with Crippen LogP contribution in [0.15, 0.2) is 48.5 Å². The number of likely N-dealkylation sites (N-methyl/N-ethyl adjacent to an activating group) is 2. The predicted molar refractivity (Wildman–Crippen MR) is 256 cm³/mol. The molecule has 0 saturated heterocycles. The summed E-state index contributed by atoms with van der Waals surface area (Å²) in [7, 11) is 8.43. The molecule has 0 spiro atoms. The summed E-state index contributed by atoms with van der Waals surface area (Å²) >= 11 is 0. The summed E-state index contributed by atoms with van der Waals surface area (Å²) in [6.07, 6.45) is 34.0. The van der Waals surface area contributed by atoms with Crippen LogP contribution in [-0.2, 0) is 9.59 Å². The second-order valence-electron chi connectivity index (χ2n) is 19.0. The number of unbranched alkanes of at least 4 members (excludes halogenated alkanes) is 23. The lowest BCUT2D eigenvalue weighted by molar-refractivity contribution is -0.888. The molecular weight excluding hydrogens is 904 g/mol. The van der Waals surface area contributed by atoms with Crippen LogP contribution in [-0.4, -0.2) is 88.4 Å². The number of benzene rings is 2. The summed E-state index contributed by atoms with van der Waals surface area (Å²) in [5.41, 5.74) is 1.59. The highest BCUT2D eigenvalue weighted by molar-refractivity contribution is 5.92. The van der Waals surface area contributed by atoms with E-state index in [9.17, 15) is 9.59 Å². The van der Waals surface area contributed by atoms with Crippen molar-refractivity contribution in [2.75, 3.05) is 78.2 Å². The minimum atomic E-state index is 0. The number of hydrogen-bond donors (Lipinski definition) is 2. The summed E-state index contributed by atoms with van der Waals surface area (Å²) in [6, 6.07) is 15.5. The molecule has 62 heavy (non-hydrogen) atoms. The fourth-order valence-electron chi connectivity index (χ4n) is 7.95. The Labute approximate surface area is 402 Å². The fourth-order valence-corrected chi connectivity index (χ4v) is 7.95. The number of nitrogens with one attached hydrogen (secondary N) is 2. The number of nitrogens with zero attached hydrogens (tertiary/aromatic N) is 2. The summed E-state index contributed by atoms with van der Waals surface area (Å²) < 4.78 is 13.1. The van der Waals surface area contributed by atoms with Crippen molar-refractivity contribution in [2.24, 2.45) is 0 Å². The molecule has 2 N–H and O–H groups in total. The highest BCUT2D eigenvalue weighted by atomic mass is 79.9. The molecule has 2 rings (SSSR count). The van der Waals surface area contributed by atoms with Gasteiger partial charge >= 0.3 is 0 Å². The van der Waals surface area contributed by atoms with Crippen LogP contribution in [0.5, 0.6) is 11.5 Å². The van der Waals surface area contributed by atoms with E-state index < -0.39 is 0 Å². The van der Waals surface area contributed by atoms with Crippen LogP contribution < -0.4 is 54.1 Å². The molecule has 0 aliphatic carbocycles. The largest absolute Gasteiger partial charge is 1.00 e. The van der Waals surface area contributed by atoms with Crippen LogP contribution in [0.25, 0.3) is 0 Å². The molecule has 358 valence electrons. The molecule has 0 unspecified atom stereocenters. The molecule has 2 aromatic carbocycles. The minimum absolute atomic E-state index is 0. The van der Waals surface area contributed by atoms with Crippen molar-refractivity contribution in [3.63, 3.8) is 0 Å². The quantitative estimate of drug-likeness (QED) is 0.0543. The second kappa shape index (κ2) is 38.2. The smallest absolute Gasteiger partial charge is 0.279 e. The molecule has 0 aliphatic heterocycles. The van der Waals surface area contributed by atoms with Crippen LogP contribution in [0.3, 0.4) is 0 Å². The third-order valence-corrected chi connectivity index (χ3v) is 11.7. The van der Waals surface area contributed by atoms with E-state index in [1.807, 2.05) is 48.5 Å². The monoisotopic (exact) mass is 995 g/mol. The van der Waals surface area contributed by atoms with Crippen LogP contribution in [0.4, 0.5) is 11.4 Å². The lowest BCUT2D eigenvalue weighted by atomic mass is 10.1. The number of anilines is 2. The molecule has 0 bridgehead atoms. The molecule has 8 nitrogen and oxygen atoms in total. The molecule has 0 atom stereocenters. The normalized spacial score (nSPS) is 11.4. The van der Waals surface area contributed by atoms with Gasteiger partial charge < -0.3 is 63.0 Å². The zero-order valence-electron chi connectivity index (χ0n) is 40.5. The highest BCUT2D eigenvalue weighted by Crippen LogP contribution is 2.19. The first-order valence-electron chi connectivity index (χ1n) is 24.7. The number of ether oxygens (including phenoxy) is 2. The first-order chi connectivity index (χ1) is 29.0. The Hall–Kier alpha value is -2.14. The summed E-state index contributed by atoms with van der Waals surface area (Å²) in [5.74, 6) is 1.73. The molecule has 2 aromatic rings. The Kier molecular flexibility index (Phi) is 36.8. The molecule has 0 aliphatic rings. The van der Waals surface area contributed by atoms with Crippen LogP contribution in [0.1, 0.15) is 181 Å². The molecule has 0 fully saturated rings. The lowest BCUT2D eigenvalue weighted by Crippen LogP contribution is -3.00. The van der Waals surface area contributed by atoms with Crippen molar-refractivity contribution < 1.29 is 62.0 Å². The number of rotatable bonds is 39. The lowest BCUT2D eigenvalue weighted by Gasteiger charge is -2.31. The van der Waals surface area contributed by atoms with Crippen molar-refractivity contribution in [3.05, 3.63) is 48.5 Å². The van der Waals surface area contributed by atoms with Gasteiger partial charge in [0.2, 0.25) is 0 Å². The molecule has 0 aromatic heterocycles. The van der Waals surface area contributed by atoms with Crippen molar-refractivity contribution >= 4 is 23.2 Å². The standard InChI is InChI=1S/C52H90N4O4.2BrH/c1-7-9-11-13-15-17-19-21-23-25-27-31-43-59-49-37-33-47(34-38-49)53-51(57)45-55(3,4)41-29-30-42-56(5,6)46-52(58)54-48-35-39-50(40-36-48)60-44-32-28-26-24-22-20-18-16-14-12-10-8-2;;/h33-40H,7-32,41-46H2,1-6H3;2*1H. The van der Waals surface area contributed by atoms with E-state index in [0.717, 1.165) is 74.9 Å². The molecule has 0 heterocycles. The third kappa shape index (κ3) is 33.4. The Morgan fingerprint density at radius 3 is 0.935 bits per heavy atom. The van der Waals surface area contributed by atoms with Gasteiger partial charge in [-0.05, 0) is 61.4 Å². The van der Waals surface area contributed by atoms with E-state index in [-0.39, 0.29) is 45.8 Å². The van der Waals surface area contributed by atoms with E-state index in [0.29, 0.717) is 22.1 Å². The van der Waals surface area contributed by atoms with Crippen molar-refractivity contribution in [1.29, 1.82) is 0 Å². The minimum Gasteiger partial charge on any atom is -1.00 e. The Morgan fingerprint density at radius 2 is 0.661 bits per heavy atom. The summed E-state index contributed by atoms with van der Waals surface area (Å²) in [5, 5.41) is 6.13. The first-order valence-corrected chi connectivity index (χ1v) is 24.7. The SMILES string of the molecule is CCCCCCCCCCCCCCOc1ccc(NC(=O)C[N+](C)(C)CCCC[N+](C)(C)CC(=O)Nc2ccc(OCCCCCCCCCCCCCC)cc2)cc1.[Br-].[Br-]. The van der Waals surface area contributed by atoms with E-state index in [2.05, 4.69) is 52.7 Å². The number of carbonyl (C=O) groups excluding carboxylic acids is 2. The molecule has 0 saturated carbocycles. The average Bonchev–Trinajstić information content (AvgIpc) is 3.21. The molecular formula is C52H92Br2N4O4. The van der Waals surface area contributed by atoms with Gasteiger partial charge in [0.05, 0.1) is 54.5 Å². The van der Waals surface area contributed by atoms with Gasteiger partial charge in [-0.1, -0.05) is 155 Å². The maximum absolute atomic E-state index is 12.9. The van der Waals surface area contributed by atoms with Crippen LogP contribution >= 0.6 is 0 Å². The predicted octanol–water partition coefficient (Wildman–Crippen LogP) is 7.36. The number of hydrogen-bond acceptors (Lipinski definition) is 4. The topological polar surface area (TPSA) is 76.7 Å². The Bertz CT molecular complexity index is 1250. The van der Waals surface area contributed by atoms with Gasteiger partial charge in [-0.15, -0.1) is 0 Å². The summed E-state index contributed by atoms with van der Waals surface area (Å²) in [6.45, 7) is 8.61. The molecule has 0 radical (unpaired) electrons. The first kappa shape index (κ1) is 59.9. The maximum atomic E-state index is 12.9.